The fraction of sp³-hybridized carbons (Fsp3) is 0. The van der Waals surface area contributed by atoms with Crippen LogP contribution in [0.5, 0.6) is 0 Å². The summed E-state index contributed by atoms with van der Waals surface area (Å²) in [7, 11) is 0. The summed E-state index contributed by atoms with van der Waals surface area (Å²) in [6.45, 7) is 0. The topological polar surface area (TPSA) is 51.0 Å². The number of anilines is 2. The maximum atomic E-state index is 5.21. The zero-order valence-corrected chi connectivity index (χ0v) is 8.15. The molecule has 0 saturated heterocycles. The first-order valence-electron chi connectivity index (χ1n) is 3.64. The molecule has 0 bridgehead atoms. The summed E-state index contributed by atoms with van der Waals surface area (Å²) in [6, 6.07) is 5.34. The monoisotopic (exact) mass is 239 g/mol. The molecule has 2 rings (SSSR count). The van der Waals surface area contributed by atoms with Gasteiger partial charge in [-0.15, -0.1) is 0 Å². The highest BCUT2D eigenvalue weighted by molar-refractivity contribution is 9.10. The molecule has 2 heterocycles. The van der Waals surface area contributed by atoms with Gasteiger partial charge < -0.3 is 4.42 Å². The van der Waals surface area contributed by atoms with E-state index >= 15 is 0 Å². The minimum atomic E-state index is 0.518. The van der Waals surface area contributed by atoms with Crippen LogP contribution >= 0.6 is 15.9 Å². The Balaban J connectivity index is 2.15. The van der Waals surface area contributed by atoms with Gasteiger partial charge in [-0.1, -0.05) is 0 Å². The van der Waals surface area contributed by atoms with Gasteiger partial charge in [0.2, 0.25) is 11.8 Å². The fourth-order valence-corrected chi connectivity index (χ4v) is 1.16. The van der Waals surface area contributed by atoms with Crippen LogP contribution < -0.4 is 5.32 Å². The lowest BCUT2D eigenvalue weighted by molar-refractivity contribution is 0.558. The van der Waals surface area contributed by atoms with Crippen molar-refractivity contribution in [2.75, 3.05) is 5.32 Å². The van der Waals surface area contributed by atoms with Crippen LogP contribution in [0.4, 0.5) is 11.8 Å². The third-order valence-corrected chi connectivity index (χ3v) is 1.80. The molecule has 2 aromatic rings. The van der Waals surface area contributed by atoms with E-state index in [2.05, 4.69) is 31.2 Å². The first-order valence-corrected chi connectivity index (χ1v) is 4.43. The number of aromatic nitrogens is 2. The number of rotatable bonds is 2. The molecule has 1 N–H and O–H groups in total. The van der Waals surface area contributed by atoms with Crippen molar-refractivity contribution in [3.63, 3.8) is 0 Å². The molecule has 5 heteroatoms. The average molecular weight is 240 g/mol. The molecule has 0 aromatic carbocycles. The van der Waals surface area contributed by atoms with E-state index in [0.29, 0.717) is 16.5 Å². The fourth-order valence-electron chi connectivity index (χ4n) is 0.855. The normalized spacial score (nSPS) is 9.92. The van der Waals surface area contributed by atoms with E-state index in [9.17, 15) is 0 Å². The van der Waals surface area contributed by atoms with Gasteiger partial charge in [-0.05, 0) is 28.1 Å². The summed E-state index contributed by atoms with van der Waals surface area (Å²) in [6.07, 6.45) is 3.32. The number of hydrogen-bond donors (Lipinski definition) is 1. The van der Waals surface area contributed by atoms with Crippen molar-refractivity contribution in [1.29, 1.82) is 0 Å². The van der Waals surface area contributed by atoms with Gasteiger partial charge in [0, 0.05) is 18.5 Å². The zero-order chi connectivity index (χ0) is 9.10. The average Bonchev–Trinajstić information content (AvgIpc) is 2.53. The lowest BCUT2D eigenvalue weighted by Gasteiger charge is -1.97. The van der Waals surface area contributed by atoms with Gasteiger partial charge in [-0.3, -0.25) is 5.32 Å². The smallest absolute Gasteiger partial charge is 0.229 e. The highest BCUT2D eigenvalue weighted by Crippen LogP contribution is 2.20. The molecule has 0 saturated carbocycles. The first-order chi connectivity index (χ1) is 6.34. The number of nitrogens with zero attached hydrogens (tertiary/aromatic N) is 2. The van der Waals surface area contributed by atoms with Crippen molar-refractivity contribution in [3.05, 3.63) is 35.3 Å². The Bertz CT molecular complexity index is 387. The van der Waals surface area contributed by atoms with Crippen LogP contribution in [0, 0.1) is 0 Å². The van der Waals surface area contributed by atoms with E-state index < -0.39 is 0 Å². The van der Waals surface area contributed by atoms with E-state index in [4.69, 9.17) is 4.42 Å². The van der Waals surface area contributed by atoms with Crippen molar-refractivity contribution in [3.8, 4) is 0 Å². The molecule has 0 radical (unpaired) electrons. The standard InChI is InChI=1S/C8H6BrN3O/c9-6-2-3-7(13-6)12-8-10-4-1-5-11-8/h1-5H,(H,10,11,12). The Morgan fingerprint density at radius 3 is 2.62 bits per heavy atom. The van der Waals surface area contributed by atoms with Gasteiger partial charge in [0.25, 0.3) is 0 Å². The van der Waals surface area contributed by atoms with Gasteiger partial charge in [0.05, 0.1) is 0 Å². The Labute approximate surface area is 83.1 Å². The molecule has 0 spiro atoms. The maximum absolute atomic E-state index is 5.21. The molecule has 0 fully saturated rings. The van der Waals surface area contributed by atoms with Gasteiger partial charge in [-0.25, -0.2) is 9.97 Å². The van der Waals surface area contributed by atoms with E-state index in [1.807, 2.05) is 0 Å². The third-order valence-electron chi connectivity index (χ3n) is 1.37. The number of halogens is 1. The van der Waals surface area contributed by atoms with Crippen LogP contribution in [0.1, 0.15) is 0 Å². The summed E-state index contributed by atoms with van der Waals surface area (Å²) >= 11 is 3.20. The van der Waals surface area contributed by atoms with Gasteiger partial charge >= 0.3 is 0 Å². The summed E-state index contributed by atoms with van der Waals surface area (Å²) in [5.74, 6) is 1.13. The van der Waals surface area contributed by atoms with Gasteiger partial charge in [-0.2, -0.15) is 0 Å². The highest BCUT2D eigenvalue weighted by atomic mass is 79.9. The van der Waals surface area contributed by atoms with E-state index in [1.54, 1.807) is 30.6 Å². The summed E-state index contributed by atoms with van der Waals surface area (Å²) in [5.41, 5.74) is 0. The van der Waals surface area contributed by atoms with Crippen LogP contribution in [-0.2, 0) is 0 Å². The molecule has 2 aromatic heterocycles. The largest absolute Gasteiger partial charge is 0.434 e. The molecule has 0 aliphatic carbocycles. The molecule has 66 valence electrons. The second-order valence-electron chi connectivity index (χ2n) is 2.30. The van der Waals surface area contributed by atoms with Crippen LogP contribution in [-0.4, -0.2) is 9.97 Å². The predicted molar refractivity (Wildman–Crippen MR) is 51.7 cm³/mol. The van der Waals surface area contributed by atoms with Gasteiger partial charge in [0.15, 0.2) is 4.67 Å². The van der Waals surface area contributed by atoms with Crippen molar-refractivity contribution in [2.24, 2.45) is 0 Å². The number of hydrogen-bond acceptors (Lipinski definition) is 4. The van der Waals surface area contributed by atoms with E-state index in [0.717, 1.165) is 0 Å². The minimum Gasteiger partial charge on any atom is -0.434 e. The molecule has 0 unspecified atom stereocenters. The maximum Gasteiger partial charge on any atom is 0.229 e. The van der Waals surface area contributed by atoms with Crippen molar-refractivity contribution >= 4 is 27.8 Å². The molecule has 0 aliphatic rings. The van der Waals surface area contributed by atoms with Crippen LogP contribution in [0.25, 0.3) is 0 Å². The lowest BCUT2D eigenvalue weighted by Crippen LogP contribution is -1.93. The van der Waals surface area contributed by atoms with Crippen LogP contribution in [0.3, 0.4) is 0 Å². The van der Waals surface area contributed by atoms with Crippen LogP contribution in [0.2, 0.25) is 0 Å². The predicted octanol–water partition coefficient (Wildman–Crippen LogP) is 2.58. The quantitative estimate of drug-likeness (QED) is 0.876. The highest BCUT2D eigenvalue weighted by Gasteiger charge is 1.99. The Hall–Kier alpha value is -1.36. The Kier molecular flexibility index (Phi) is 2.27. The van der Waals surface area contributed by atoms with Gasteiger partial charge in [0.1, 0.15) is 0 Å². The number of nitrogens with one attached hydrogen (secondary N) is 1. The molecule has 4 nitrogen and oxygen atoms in total. The third kappa shape index (κ3) is 2.06. The SMILES string of the molecule is Brc1ccc(Nc2ncccn2)o1. The molecule has 13 heavy (non-hydrogen) atoms. The number of furan rings is 1. The molecular weight excluding hydrogens is 234 g/mol. The second kappa shape index (κ2) is 3.57. The van der Waals surface area contributed by atoms with Crippen molar-refractivity contribution in [1.82, 2.24) is 9.97 Å². The van der Waals surface area contributed by atoms with E-state index in [1.165, 1.54) is 0 Å². The lowest BCUT2D eigenvalue weighted by atomic mass is 10.6. The minimum absolute atomic E-state index is 0.518. The molecular formula is C8H6BrN3O. The Morgan fingerprint density at radius 2 is 2.00 bits per heavy atom. The summed E-state index contributed by atoms with van der Waals surface area (Å²) in [4.78, 5) is 7.97. The molecule has 0 aliphatic heterocycles. The van der Waals surface area contributed by atoms with Crippen LogP contribution in [0.15, 0.2) is 39.7 Å². The molecule has 0 amide bonds. The summed E-state index contributed by atoms with van der Waals surface area (Å²) < 4.78 is 5.89. The van der Waals surface area contributed by atoms with Crippen molar-refractivity contribution < 1.29 is 4.42 Å². The molecule has 0 atom stereocenters. The zero-order valence-electron chi connectivity index (χ0n) is 6.57. The first kappa shape index (κ1) is 8.25. The second-order valence-corrected chi connectivity index (χ2v) is 3.08. The Morgan fingerprint density at radius 1 is 1.23 bits per heavy atom. The van der Waals surface area contributed by atoms with Crippen molar-refractivity contribution in [2.45, 2.75) is 0 Å². The van der Waals surface area contributed by atoms with E-state index in [-0.39, 0.29) is 0 Å². The summed E-state index contributed by atoms with van der Waals surface area (Å²) in [5, 5.41) is 2.91.